The number of methoxy groups -OCH3 is 1. The number of ether oxygens (including phenoxy) is 3. The molecule has 1 rings (SSSR count). The fourth-order valence-corrected chi connectivity index (χ4v) is 1.17. The number of carbonyl (C=O) groups excluding carboxylic acids is 1. The highest BCUT2D eigenvalue weighted by atomic mass is 16.5. The second kappa shape index (κ2) is 8.66. The smallest absolute Gasteiger partial charge is 0.168 e. The molecule has 5 nitrogen and oxygen atoms in total. The van der Waals surface area contributed by atoms with Crippen molar-refractivity contribution in [2.45, 2.75) is 6.42 Å². The Kier molecular flexibility index (Phi) is 6.93. The maximum Gasteiger partial charge on any atom is 0.168 e. The van der Waals surface area contributed by atoms with Crippen molar-refractivity contribution in [3.8, 4) is 5.75 Å². The normalized spacial score (nSPS) is 10.2. The fraction of sp³-hybridized carbons (Fsp3) is 0.500. The number of aldehydes is 1. The van der Waals surface area contributed by atoms with Gasteiger partial charge in [0.1, 0.15) is 18.1 Å². The van der Waals surface area contributed by atoms with E-state index in [1.54, 1.807) is 19.2 Å². The Bertz CT molecular complexity index is 313. The molecule has 1 aromatic heterocycles. The van der Waals surface area contributed by atoms with Gasteiger partial charge in [0, 0.05) is 20.3 Å². The van der Waals surface area contributed by atoms with E-state index >= 15 is 0 Å². The highest BCUT2D eigenvalue weighted by molar-refractivity contribution is 5.71. The van der Waals surface area contributed by atoms with Crippen LogP contribution in [0.25, 0.3) is 0 Å². The standard InChI is InChI=1S/C12H17NO4/c1-15-5-2-6-16-7-8-17-12-4-3-11(10-14)13-9-12/h3-4,9-10H,2,5-8H2,1H3. The first-order valence-electron chi connectivity index (χ1n) is 5.47. The minimum Gasteiger partial charge on any atom is -0.490 e. The lowest BCUT2D eigenvalue weighted by Crippen LogP contribution is -2.08. The van der Waals surface area contributed by atoms with Crippen molar-refractivity contribution in [1.29, 1.82) is 0 Å². The lowest BCUT2D eigenvalue weighted by molar-refractivity contribution is 0.0805. The van der Waals surface area contributed by atoms with Crippen molar-refractivity contribution in [3.63, 3.8) is 0 Å². The predicted octanol–water partition coefficient (Wildman–Crippen LogP) is 1.33. The van der Waals surface area contributed by atoms with Gasteiger partial charge in [-0.15, -0.1) is 0 Å². The van der Waals surface area contributed by atoms with Gasteiger partial charge in [0.25, 0.3) is 0 Å². The molecule has 0 amide bonds. The summed E-state index contributed by atoms with van der Waals surface area (Å²) in [6, 6.07) is 3.32. The molecule has 0 unspecified atom stereocenters. The van der Waals surface area contributed by atoms with Gasteiger partial charge in [-0.1, -0.05) is 0 Å². The summed E-state index contributed by atoms with van der Waals surface area (Å²) in [5.41, 5.74) is 0.396. The molecule has 0 aliphatic carbocycles. The van der Waals surface area contributed by atoms with Crippen LogP contribution >= 0.6 is 0 Å². The molecule has 0 aliphatic rings. The SMILES string of the molecule is COCCCOCCOc1ccc(C=O)nc1. The maximum atomic E-state index is 10.4. The van der Waals surface area contributed by atoms with E-state index < -0.39 is 0 Å². The molecule has 0 aliphatic heterocycles. The van der Waals surface area contributed by atoms with Crippen LogP contribution in [-0.2, 0) is 9.47 Å². The van der Waals surface area contributed by atoms with E-state index in [-0.39, 0.29) is 0 Å². The van der Waals surface area contributed by atoms with Crippen LogP contribution < -0.4 is 4.74 Å². The molecule has 0 atom stereocenters. The lowest BCUT2D eigenvalue weighted by atomic mass is 10.4. The van der Waals surface area contributed by atoms with E-state index in [1.165, 1.54) is 6.20 Å². The minimum absolute atomic E-state index is 0.396. The minimum atomic E-state index is 0.396. The Morgan fingerprint density at radius 1 is 1.24 bits per heavy atom. The van der Waals surface area contributed by atoms with Crippen LogP contribution in [0, 0.1) is 0 Å². The van der Waals surface area contributed by atoms with E-state index in [9.17, 15) is 4.79 Å². The zero-order valence-electron chi connectivity index (χ0n) is 9.93. The molecular weight excluding hydrogens is 222 g/mol. The Labute approximate surface area is 101 Å². The molecule has 0 N–H and O–H groups in total. The van der Waals surface area contributed by atoms with Crippen LogP contribution in [0.3, 0.4) is 0 Å². The Balaban J connectivity index is 2.07. The number of carbonyl (C=O) groups is 1. The second-order valence-corrected chi connectivity index (χ2v) is 3.34. The molecule has 1 aromatic rings. The quantitative estimate of drug-likeness (QED) is 0.480. The summed E-state index contributed by atoms with van der Waals surface area (Å²) in [4.78, 5) is 14.3. The van der Waals surface area contributed by atoms with Crippen LogP contribution in [0.4, 0.5) is 0 Å². The summed E-state index contributed by atoms with van der Waals surface area (Å²) in [5.74, 6) is 0.635. The summed E-state index contributed by atoms with van der Waals surface area (Å²) < 4.78 is 15.6. The number of hydrogen-bond acceptors (Lipinski definition) is 5. The first-order chi connectivity index (χ1) is 8.36. The molecule has 0 saturated heterocycles. The van der Waals surface area contributed by atoms with Gasteiger partial charge in [-0.05, 0) is 18.6 Å². The third-order valence-electron chi connectivity index (χ3n) is 2.01. The van der Waals surface area contributed by atoms with Crippen LogP contribution in [0.5, 0.6) is 5.75 Å². The van der Waals surface area contributed by atoms with E-state index in [1.807, 2.05) is 0 Å². The molecule has 0 saturated carbocycles. The van der Waals surface area contributed by atoms with Crippen LogP contribution in [0.1, 0.15) is 16.9 Å². The molecule has 0 bridgehead atoms. The maximum absolute atomic E-state index is 10.4. The number of aromatic nitrogens is 1. The van der Waals surface area contributed by atoms with Crippen LogP contribution in [0.15, 0.2) is 18.3 Å². The zero-order valence-corrected chi connectivity index (χ0v) is 9.93. The van der Waals surface area contributed by atoms with Gasteiger partial charge in [0.15, 0.2) is 6.29 Å². The van der Waals surface area contributed by atoms with Gasteiger partial charge in [-0.2, -0.15) is 0 Å². The van der Waals surface area contributed by atoms with E-state index in [0.717, 1.165) is 6.42 Å². The molecule has 5 heteroatoms. The monoisotopic (exact) mass is 239 g/mol. The lowest BCUT2D eigenvalue weighted by Gasteiger charge is -2.06. The zero-order chi connectivity index (χ0) is 12.3. The third kappa shape index (κ3) is 5.99. The Hall–Kier alpha value is -1.46. The van der Waals surface area contributed by atoms with Gasteiger partial charge in [-0.25, -0.2) is 4.98 Å². The highest BCUT2D eigenvalue weighted by Crippen LogP contribution is 2.07. The molecule has 0 radical (unpaired) electrons. The average molecular weight is 239 g/mol. The largest absolute Gasteiger partial charge is 0.490 e. The van der Waals surface area contributed by atoms with Crippen molar-refractivity contribution >= 4 is 6.29 Å². The second-order valence-electron chi connectivity index (χ2n) is 3.34. The van der Waals surface area contributed by atoms with Crippen molar-refractivity contribution in [2.75, 3.05) is 33.5 Å². The Morgan fingerprint density at radius 3 is 2.76 bits per heavy atom. The van der Waals surface area contributed by atoms with Gasteiger partial charge < -0.3 is 14.2 Å². The van der Waals surface area contributed by atoms with Crippen molar-refractivity contribution in [2.24, 2.45) is 0 Å². The highest BCUT2D eigenvalue weighted by Gasteiger charge is 1.96. The van der Waals surface area contributed by atoms with Crippen LogP contribution in [-0.4, -0.2) is 44.8 Å². The van der Waals surface area contributed by atoms with Gasteiger partial charge in [-0.3, -0.25) is 4.79 Å². The number of hydrogen-bond donors (Lipinski definition) is 0. The molecule has 0 aromatic carbocycles. The van der Waals surface area contributed by atoms with Gasteiger partial charge in [0.05, 0.1) is 12.8 Å². The third-order valence-corrected chi connectivity index (χ3v) is 2.01. The molecular formula is C12H17NO4. The molecule has 0 fully saturated rings. The summed E-state index contributed by atoms with van der Waals surface area (Å²) in [5, 5.41) is 0. The summed E-state index contributed by atoms with van der Waals surface area (Å²) in [6.07, 6.45) is 3.10. The molecule has 0 spiro atoms. The Morgan fingerprint density at radius 2 is 2.12 bits per heavy atom. The summed E-state index contributed by atoms with van der Waals surface area (Å²) in [6.45, 7) is 2.37. The number of pyridine rings is 1. The first-order valence-corrected chi connectivity index (χ1v) is 5.47. The van der Waals surface area contributed by atoms with Crippen molar-refractivity contribution < 1.29 is 19.0 Å². The fourth-order valence-electron chi connectivity index (χ4n) is 1.17. The van der Waals surface area contributed by atoms with E-state index in [4.69, 9.17) is 14.2 Å². The predicted molar refractivity (Wildman–Crippen MR) is 62.4 cm³/mol. The molecule has 94 valence electrons. The average Bonchev–Trinajstić information content (AvgIpc) is 2.38. The van der Waals surface area contributed by atoms with Crippen LogP contribution in [0.2, 0.25) is 0 Å². The van der Waals surface area contributed by atoms with Crippen molar-refractivity contribution in [1.82, 2.24) is 4.98 Å². The van der Waals surface area contributed by atoms with E-state index in [2.05, 4.69) is 4.98 Å². The first kappa shape index (κ1) is 13.6. The molecule has 1 heterocycles. The van der Waals surface area contributed by atoms with Crippen molar-refractivity contribution in [3.05, 3.63) is 24.0 Å². The van der Waals surface area contributed by atoms with E-state index in [0.29, 0.717) is 44.2 Å². The summed E-state index contributed by atoms with van der Waals surface area (Å²) in [7, 11) is 1.67. The molecule has 17 heavy (non-hydrogen) atoms. The summed E-state index contributed by atoms with van der Waals surface area (Å²) >= 11 is 0. The van der Waals surface area contributed by atoms with Gasteiger partial charge in [0.2, 0.25) is 0 Å². The number of rotatable bonds is 9. The topological polar surface area (TPSA) is 57.7 Å². The number of nitrogens with zero attached hydrogens (tertiary/aromatic N) is 1. The van der Waals surface area contributed by atoms with Gasteiger partial charge >= 0.3 is 0 Å².